The first-order valence-corrected chi connectivity index (χ1v) is 6.38. The Labute approximate surface area is 116 Å². The summed E-state index contributed by atoms with van der Waals surface area (Å²) in [6.07, 6.45) is 2.29. The molecular weight excluding hydrogens is 265 g/mol. The Morgan fingerprint density at radius 1 is 1.37 bits per heavy atom. The SMILES string of the molecule is CNC(Cc1cc(F)ccc1Cl)c1ccnc(C)n1. The molecule has 2 aromatic rings. The average Bonchev–Trinajstić information content (AvgIpc) is 2.39. The van der Waals surface area contributed by atoms with Crippen molar-refractivity contribution in [1.82, 2.24) is 15.3 Å². The molecule has 1 atom stereocenters. The molecule has 3 nitrogen and oxygen atoms in total. The number of nitrogens with zero attached hydrogens (tertiary/aromatic N) is 2. The largest absolute Gasteiger partial charge is 0.311 e. The smallest absolute Gasteiger partial charge is 0.125 e. The van der Waals surface area contributed by atoms with Crippen molar-refractivity contribution >= 4 is 11.6 Å². The molecule has 1 aromatic heterocycles. The minimum Gasteiger partial charge on any atom is -0.311 e. The summed E-state index contributed by atoms with van der Waals surface area (Å²) in [4.78, 5) is 8.45. The van der Waals surface area contributed by atoms with E-state index >= 15 is 0 Å². The van der Waals surface area contributed by atoms with Crippen LogP contribution in [0.1, 0.15) is 23.1 Å². The van der Waals surface area contributed by atoms with Crippen LogP contribution >= 0.6 is 11.6 Å². The summed E-state index contributed by atoms with van der Waals surface area (Å²) in [6, 6.07) is 6.21. The highest BCUT2D eigenvalue weighted by molar-refractivity contribution is 6.31. The van der Waals surface area contributed by atoms with Crippen LogP contribution in [0.15, 0.2) is 30.5 Å². The highest BCUT2D eigenvalue weighted by Crippen LogP contribution is 2.23. The van der Waals surface area contributed by atoms with Gasteiger partial charge in [-0.1, -0.05) is 11.6 Å². The normalized spacial score (nSPS) is 12.4. The fourth-order valence-corrected chi connectivity index (χ4v) is 2.14. The van der Waals surface area contributed by atoms with Crippen molar-refractivity contribution in [1.29, 1.82) is 0 Å². The molecule has 1 heterocycles. The molecule has 0 aliphatic rings. The molecule has 0 saturated carbocycles. The van der Waals surface area contributed by atoms with Crippen LogP contribution in [0, 0.1) is 12.7 Å². The first kappa shape index (κ1) is 13.9. The van der Waals surface area contributed by atoms with Gasteiger partial charge in [0.25, 0.3) is 0 Å². The van der Waals surface area contributed by atoms with Gasteiger partial charge in [0.1, 0.15) is 11.6 Å². The predicted molar refractivity (Wildman–Crippen MR) is 73.7 cm³/mol. The maximum Gasteiger partial charge on any atom is 0.125 e. The molecule has 0 radical (unpaired) electrons. The zero-order valence-corrected chi connectivity index (χ0v) is 11.6. The van der Waals surface area contributed by atoms with Crippen LogP contribution < -0.4 is 5.32 Å². The molecule has 0 saturated heterocycles. The number of halogens is 2. The molecule has 0 aliphatic carbocycles. The number of benzene rings is 1. The Bertz CT molecular complexity index is 574. The van der Waals surface area contributed by atoms with Crippen LogP contribution in [0.2, 0.25) is 5.02 Å². The van der Waals surface area contributed by atoms with Gasteiger partial charge in [-0.3, -0.25) is 0 Å². The summed E-state index contributed by atoms with van der Waals surface area (Å²) >= 11 is 6.09. The van der Waals surface area contributed by atoms with Crippen LogP contribution in [0.3, 0.4) is 0 Å². The Hall–Kier alpha value is -1.52. The zero-order chi connectivity index (χ0) is 13.8. The molecule has 0 fully saturated rings. The van der Waals surface area contributed by atoms with E-state index in [1.807, 2.05) is 20.0 Å². The van der Waals surface area contributed by atoms with Crippen LogP contribution in [0.5, 0.6) is 0 Å². The van der Waals surface area contributed by atoms with E-state index in [0.29, 0.717) is 17.3 Å². The number of aryl methyl sites for hydroxylation is 1. The molecule has 100 valence electrons. The first-order chi connectivity index (χ1) is 9.10. The molecule has 2 rings (SSSR count). The molecule has 19 heavy (non-hydrogen) atoms. The summed E-state index contributed by atoms with van der Waals surface area (Å²) in [5.41, 5.74) is 1.63. The maximum atomic E-state index is 13.3. The van der Waals surface area contributed by atoms with Gasteiger partial charge in [0.2, 0.25) is 0 Å². The number of hydrogen-bond donors (Lipinski definition) is 1. The molecule has 0 aliphatic heterocycles. The van der Waals surface area contributed by atoms with E-state index in [1.54, 1.807) is 12.3 Å². The summed E-state index contributed by atoms with van der Waals surface area (Å²) in [6.45, 7) is 1.84. The number of nitrogens with one attached hydrogen (secondary N) is 1. The van der Waals surface area contributed by atoms with Crippen molar-refractivity contribution in [3.8, 4) is 0 Å². The topological polar surface area (TPSA) is 37.8 Å². The lowest BCUT2D eigenvalue weighted by Crippen LogP contribution is -2.20. The molecule has 0 bridgehead atoms. The fraction of sp³-hybridized carbons (Fsp3) is 0.286. The second-order valence-electron chi connectivity index (χ2n) is 4.31. The molecule has 0 spiro atoms. The number of rotatable bonds is 4. The molecule has 0 amide bonds. The zero-order valence-electron chi connectivity index (χ0n) is 10.8. The van der Waals surface area contributed by atoms with Crippen molar-refractivity contribution < 1.29 is 4.39 Å². The molecule has 1 aromatic carbocycles. The van der Waals surface area contributed by atoms with E-state index in [0.717, 1.165) is 11.3 Å². The standard InChI is InChI=1S/C14H15ClFN3/c1-9-18-6-5-13(19-9)14(17-2)8-10-7-11(16)3-4-12(10)15/h3-7,14,17H,8H2,1-2H3. The van der Waals surface area contributed by atoms with Gasteiger partial charge in [-0.25, -0.2) is 14.4 Å². The highest BCUT2D eigenvalue weighted by Gasteiger charge is 2.14. The third-order valence-electron chi connectivity index (χ3n) is 2.93. The number of hydrogen-bond acceptors (Lipinski definition) is 3. The third-order valence-corrected chi connectivity index (χ3v) is 3.30. The van der Waals surface area contributed by atoms with Crippen LogP contribution in [0.4, 0.5) is 4.39 Å². The second-order valence-corrected chi connectivity index (χ2v) is 4.72. The Kier molecular flexibility index (Phi) is 4.45. The Morgan fingerprint density at radius 3 is 2.84 bits per heavy atom. The van der Waals surface area contributed by atoms with Crippen molar-refractivity contribution in [2.24, 2.45) is 0 Å². The maximum absolute atomic E-state index is 13.3. The monoisotopic (exact) mass is 279 g/mol. The van der Waals surface area contributed by atoms with Crippen molar-refractivity contribution in [2.45, 2.75) is 19.4 Å². The van der Waals surface area contributed by atoms with E-state index < -0.39 is 0 Å². The van der Waals surface area contributed by atoms with E-state index in [4.69, 9.17) is 11.6 Å². The first-order valence-electron chi connectivity index (χ1n) is 6.01. The summed E-state index contributed by atoms with van der Waals surface area (Å²) in [7, 11) is 1.84. The van der Waals surface area contributed by atoms with Crippen LogP contribution in [-0.2, 0) is 6.42 Å². The quantitative estimate of drug-likeness (QED) is 0.935. The van der Waals surface area contributed by atoms with E-state index in [1.165, 1.54) is 12.1 Å². The Balaban J connectivity index is 2.26. The van der Waals surface area contributed by atoms with Crippen LogP contribution in [0.25, 0.3) is 0 Å². The van der Waals surface area contributed by atoms with E-state index in [-0.39, 0.29) is 11.9 Å². The van der Waals surface area contributed by atoms with Crippen molar-refractivity contribution in [2.75, 3.05) is 7.05 Å². The summed E-state index contributed by atoms with van der Waals surface area (Å²) in [5, 5.41) is 3.73. The fourth-order valence-electron chi connectivity index (χ4n) is 1.94. The summed E-state index contributed by atoms with van der Waals surface area (Å²) < 4.78 is 13.3. The van der Waals surface area contributed by atoms with Crippen molar-refractivity contribution in [3.63, 3.8) is 0 Å². The second kappa shape index (κ2) is 6.08. The van der Waals surface area contributed by atoms with E-state index in [9.17, 15) is 4.39 Å². The van der Waals surface area contributed by atoms with E-state index in [2.05, 4.69) is 15.3 Å². The molecule has 1 N–H and O–H groups in total. The number of likely N-dealkylation sites (N-methyl/N-ethyl adjacent to an activating group) is 1. The minimum atomic E-state index is -0.284. The minimum absolute atomic E-state index is 0.0269. The van der Waals surface area contributed by atoms with Gasteiger partial charge in [0, 0.05) is 11.2 Å². The average molecular weight is 280 g/mol. The van der Waals surface area contributed by atoms with Gasteiger partial charge < -0.3 is 5.32 Å². The van der Waals surface area contributed by atoms with Gasteiger partial charge in [0.15, 0.2) is 0 Å². The van der Waals surface area contributed by atoms with Gasteiger partial charge >= 0.3 is 0 Å². The van der Waals surface area contributed by atoms with Gasteiger partial charge in [-0.2, -0.15) is 0 Å². The van der Waals surface area contributed by atoms with Crippen molar-refractivity contribution in [3.05, 3.63) is 58.4 Å². The highest BCUT2D eigenvalue weighted by atomic mass is 35.5. The van der Waals surface area contributed by atoms with Gasteiger partial charge in [-0.15, -0.1) is 0 Å². The summed E-state index contributed by atoms with van der Waals surface area (Å²) in [5.74, 6) is 0.427. The molecule has 5 heteroatoms. The van der Waals surface area contributed by atoms with Crippen LogP contribution in [-0.4, -0.2) is 17.0 Å². The van der Waals surface area contributed by atoms with Gasteiger partial charge in [0.05, 0.1) is 11.7 Å². The van der Waals surface area contributed by atoms with Gasteiger partial charge in [-0.05, 0) is 50.2 Å². The predicted octanol–water partition coefficient (Wildman–Crippen LogP) is 3.08. The number of aromatic nitrogens is 2. The third kappa shape index (κ3) is 3.49. The lowest BCUT2D eigenvalue weighted by Gasteiger charge is -2.16. The Morgan fingerprint density at radius 2 is 2.16 bits per heavy atom. The molecule has 1 unspecified atom stereocenters. The lowest BCUT2D eigenvalue weighted by atomic mass is 10.0. The molecular formula is C14H15ClFN3. The lowest BCUT2D eigenvalue weighted by molar-refractivity contribution is 0.567.